The monoisotopic (exact) mass is 575 g/mol. The van der Waals surface area contributed by atoms with Crippen molar-refractivity contribution in [2.45, 2.75) is 12.7 Å². The number of hydrogen-bond donors (Lipinski definition) is 3. The Morgan fingerprint density at radius 2 is 1.57 bits per heavy atom. The molecule has 0 aliphatic carbocycles. The molecule has 0 saturated heterocycles. The summed E-state index contributed by atoms with van der Waals surface area (Å²) in [5.41, 5.74) is -0.644. The molecule has 0 radical (unpaired) electrons. The molecule has 0 aliphatic rings. The Labute approximate surface area is 236 Å². The number of rotatable bonds is 8. The van der Waals surface area contributed by atoms with Crippen LogP contribution >= 0.6 is 0 Å². The maximum absolute atomic E-state index is 13.6. The second-order valence-corrected chi connectivity index (χ2v) is 8.86. The number of nitrogens with zero attached hydrogens (tertiary/aromatic N) is 3. The zero-order chi connectivity index (χ0) is 29.5. The van der Waals surface area contributed by atoms with Crippen LogP contribution in [0.5, 0.6) is 11.5 Å². The first-order chi connectivity index (χ1) is 20.2. The average Bonchev–Trinajstić information content (AvgIpc) is 3.40. The highest BCUT2D eigenvalue weighted by Crippen LogP contribution is 2.34. The van der Waals surface area contributed by atoms with E-state index in [0.717, 1.165) is 12.1 Å². The maximum Gasteiger partial charge on any atom is 0.416 e. The van der Waals surface area contributed by atoms with E-state index >= 15 is 0 Å². The quantitative estimate of drug-likeness (QED) is 0.192. The summed E-state index contributed by atoms with van der Waals surface area (Å²) in [5, 5.41) is 10.9. The van der Waals surface area contributed by atoms with Crippen molar-refractivity contribution in [3.05, 3.63) is 120 Å². The Bertz CT molecular complexity index is 1690. The normalized spacial score (nSPS) is 11.0. The van der Waals surface area contributed by atoms with Gasteiger partial charge in [0.1, 0.15) is 17.2 Å². The number of amides is 3. The minimum atomic E-state index is -4.75. The molecule has 2 heterocycles. The number of carbonyl (C=O) groups excluding carboxylic acids is 2. The van der Waals surface area contributed by atoms with E-state index in [2.05, 4.69) is 26.2 Å². The maximum atomic E-state index is 13.6. The SMILES string of the molecule is O=C(Nc1cc(NC(=O)c2cccc(Oc3ccccc3)c2)cc(C(F)(F)F)c1)Nc1c[n+](Cc2ccccn2)no1. The van der Waals surface area contributed by atoms with Gasteiger partial charge in [-0.2, -0.15) is 13.2 Å². The van der Waals surface area contributed by atoms with E-state index in [-0.39, 0.29) is 29.4 Å². The Morgan fingerprint density at radius 3 is 2.31 bits per heavy atom. The molecule has 0 spiro atoms. The first-order valence-corrected chi connectivity index (χ1v) is 12.4. The van der Waals surface area contributed by atoms with Gasteiger partial charge in [0.2, 0.25) is 11.8 Å². The molecule has 0 bridgehead atoms. The summed E-state index contributed by atoms with van der Waals surface area (Å²) in [5.74, 6) is 0.185. The summed E-state index contributed by atoms with van der Waals surface area (Å²) >= 11 is 0. The predicted molar refractivity (Wildman–Crippen MR) is 145 cm³/mol. The Balaban J connectivity index is 1.28. The molecule has 10 nitrogen and oxygen atoms in total. The molecule has 42 heavy (non-hydrogen) atoms. The molecule has 0 unspecified atom stereocenters. The second-order valence-electron chi connectivity index (χ2n) is 8.86. The fraction of sp³-hybridized carbons (Fsp3) is 0.0690. The van der Waals surface area contributed by atoms with Crippen LogP contribution in [0.15, 0.2) is 108 Å². The highest BCUT2D eigenvalue weighted by molar-refractivity contribution is 6.05. The number of halogens is 3. The number of pyridine rings is 1. The summed E-state index contributed by atoms with van der Waals surface area (Å²) in [6.45, 7) is 0.269. The zero-order valence-electron chi connectivity index (χ0n) is 21.6. The first kappa shape index (κ1) is 27.8. The molecule has 5 aromatic rings. The van der Waals surface area contributed by atoms with Crippen LogP contribution < -0.4 is 25.4 Å². The van der Waals surface area contributed by atoms with E-state index in [4.69, 9.17) is 9.26 Å². The van der Waals surface area contributed by atoms with Gasteiger partial charge < -0.3 is 15.4 Å². The lowest BCUT2D eigenvalue weighted by Crippen LogP contribution is -2.35. The number of hydrogen-bond acceptors (Lipinski definition) is 6. The summed E-state index contributed by atoms with van der Waals surface area (Å²) in [7, 11) is 0. The van der Waals surface area contributed by atoms with Crippen molar-refractivity contribution < 1.29 is 36.7 Å². The molecule has 5 rings (SSSR count). The Hall–Kier alpha value is -5.72. The number of alkyl halides is 3. The first-order valence-electron chi connectivity index (χ1n) is 12.4. The van der Waals surface area contributed by atoms with Gasteiger partial charge in [0.05, 0.1) is 5.56 Å². The fourth-order valence-electron chi connectivity index (χ4n) is 3.80. The highest BCUT2D eigenvalue weighted by atomic mass is 19.4. The van der Waals surface area contributed by atoms with Gasteiger partial charge in [-0.05, 0) is 65.3 Å². The minimum Gasteiger partial charge on any atom is -0.457 e. The minimum absolute atomic E-state index is 0.0541. The third kappa shape index (κ3) is 7.47. The van der Waals surface area contributed by atoms with Crippen molar-refractivity contribution in [2.75, 3.05) is 16.0 Å². The number of aromatic nitrogens is 3. The summed E-state index contributed by atoms with van der Waals surface area (Å²) in [4.78, 5) is 29.6. The molecule has 13 heteroatoms. The highest BCUT2D eigenvalue weighted by Gasteiger charge is 2.31. The van der Waals surface area contributed by atoms with Crippen LogP contribution in [0.2, 0.25) is 0 Å². The number of nitrogens with one attached hydrogen (secondary N) is 3. The Kier molecular flexibility index (Phi) is 8.09. The van der Waals surface area contributed by atoms with Crippen LogP contribution in [-0.2, 0) is 12.7 Å². The van der Waals surface area contributed by atoms with E-state index in [1.165, 1.54) is 29.1 Å². The van der Waals surface area contributed by atoms with Crippen molar-refractivity contribution in [3.8, 4) is 11.5 Å². The molecule has 0 aliphatic heterocycles. The van der Waals surface area contributed by atoms with Gasteiger partial charge in [0, 0.05) is 23.1 Å². The number of anilines is 3. The lowest BCUT2D eigenvalue weighted by molar-refractivity contribution is -0.755. The zero-order valence-corrected chi connectivity index (χ0v) is 21.6. The summed E-state index contributed by atoms with van der Waals surface area (Å²) < 4.78 is 53.1. The van der Waals surface area contributed by atoms with Crippen LogP contribution in [0.25, 0.3) is 0 Å². The van der Waals surface area contributed by atoms with Gasteiger partial charge in [0.25, 0.3) is 12.1 Å². The van der Waals surface area contributed by atoms with E-state index in [1.807, 2.05) is 6.07 Å². The predicted octanol–water partition coefficient (Wildman–Crippen LogP) is 6.11. The second kappa shape index (κ2) is 12.2. The van der Waals surface area contributed by atoms with Crippen molar-refractivity contribution in [1.29, 1.82) is 0 Å². The lowest BCUT2D eigenvalue weighted by atomic mass is 10.1. The smallest absolute Gasteiger partial charge is 0.416 e. The molecular formula is C29H22F3N6O4+. The molecular weight excluding hydrogens is 553 g/mol. The van der Waals surface area contributed by atoms with E-state index in [0.29, 0.717) is 17.2 Å². The van der Waals surface area contributed by atoms with Crippen molar-refractivity contribution >= 4 is 29.2 Å². The van der Waals surface area contributed by atoms with Crippen LogP contribution in [0.1, 0.15) is 21.6 Å². The molecule has 2 aromatic heterocycles. The van der Waals surface area contributed by atoms with Crippen LogP contribution in [-0.4, -0.2) is 22.2 Å². The van der Waals surface area contributed by atoms with Gasteiger partial charge >= 0.3 is 18.1 Å². The topological polar surface area (TPSA) is 122 Å². The number of ether oxygens (including phenoxy) is 1. The van der Waals surface area contributed by atoms with Crippen LogP contribution in [0.3, 0.4) is 0 Å². The molecule has 3 N–H and O–H groups in total. The van der Waals surface area contributed by atoms with E-state index in [9.17, 15) is 22.8 Å². The fourth-order valence-corrected chi connectivity index (χ4v) is 3.80. The van der Waals surface area contributed by atoms with Crippen molar-refractivity contribution in [1.82, 2.24) is 10.3 Å². The number of carbonyl (C=O) groups is 2. The lowest BCUT2D eigenvalue weighted by Gasteiger charge is -2.14. The largest absolute Gasteiger partial charge is 0.457 e. The van der Waals surface area contributed by atoms with Gasteiger partial charge in [-0.3, -0.25) is 19.6 Å². The molecule has 3 aromatic carbocycles. The van der Waals surface area contributed by atoms with Gasteiger partial charge in [-0.15, -0.1) is 0 Å². The molecule has 0 atom stereocenters. The van der Waals surface area contributed by atoms with Crippen LogP contribution in [0.4, 0.5) is 35.2 Å². The molecule has 0 saturated carbocycles. The third-order valence-corrected chi connectivity index (χ3v) is 5.65. The molecule has 0 fully saturated rings. The van der Waals surface area contributed by atoms with E-state index < -0.39 is 23.7 Å². The third-order valence-electron chi connectivity index (χ3n) is 5.65. The van der Waals surface area contributed by atoms with Gasteiger partial charge in [-0.1, -0.05) is 30.3 Å². The average molecular weight is 576 g/mol. The van der Waals surface area contributed by atoms with Crippen molar-refractivity contribution in [3.63, 3.8) is 0 Å². The number of para-hydroxylation sites is 1. The number of benzene rings is 3. The standard InChI is InChI=1S/C29H21F3N6O4/c30-29(31,32)20-14-22(34-27(39)19-7-6-11-25(13-19)41-24-9-2-1-3-10-24)16-23(15-20)35-28(40)36-26-18-38(37-42-26)17-21-8-4-5-12-33-21/h1-16,18H,17H2,(H2-,34,35,36,37,39,40)/p+1. The van der Waals surface area contributed by atoms with Gasteiger partial charge in [0.15, 0.2) is 0 Å². The molecule has 212 valence electrons. The van der Waals surface area contributed by atoms with Gasteiger partial charge in [-0.25, -0.2) is 4.79 Å². The molecule has 3 amide bonds. The number of urea groups is 1. The summed E-state index contributed by atoms with van der Waals surface area (Å²) in [6, 6.07) is 22.2. The summed E-state index contributed by atoms with van der Waals surface area (Å²) in [6.07, 6.45) is -1.74. The Morgan fingerprint density at radius 1 is 0.833 bits per heavy atom. The van der Waals surface area contributed by atoms with E-state index in [1.54, 1.807) is 60.8 Å². The van der Waals surface area contributed by atoms with Crippen LogP contribution in [0, 0.1) is 0 Å². The van der Waals surface area contributed by atoms with Crippen molar-refractivity contribution in [2.24, 2.45) is 0 Å².